The molecule has 0 saturated carbocycles. The molecule has 3 aromatic carbocycles. The molecule has 1 fully saturated rings. The van der Waals surface area contributed by atoms with Crippen LogP contribution < -0.4 is 10.2 Å². The van der Waals surface area contributed by atoms with Crippen LogP contribution >= 0.6 is 23.2 Å². The van der Waals surface area contributed by atoms with Gasteiger partial charge in [0, 0.05) is 51.1 Å². The highest BCUT2D eigenvalue weighted by Crippen LogP contribution is 2.46. The van der Waals surface area contributed by atoms with Crippen LogP contribution in [0.4, 0.5) is 14.9 Å². The van der Waals surface area contributed by atoms with Crippen LogP contribution in [0, 0.1) is 5.82 Å². The largest absolute Gasteiger partial charge is 0.437 e. The van der Waals surface area contributed by atoms with Crippen LogP contribution in [0.3, 0.4) is 0 Å². The van der Waals surface area contributed by atoms with Gasteiger partial charge in [0.25, 0.3) is 0 Å². The van der Waals surface area contributed by atoms with Crippen molar-refractivity contribution in [2.75, 3.05) is 31.6 Å². The Hall–Kier alpha value is -3.13. The molecule has 2 aliphatic rings. The first-order valence-electron chi connectivity index (χ1n) is 13.9. The molecule has 0 aliphatic carbocycles. The molecule has 0 radical (unpaired) electrons. The van der Waals surface area contributed by atoms with Gasteiger partial charge in [-0.05, 0) is 61.2 Å². The summed E-state index contributed by atoms with van der Waals surface area (Å²) in [6.45, 7) is 3.90. The predicted molar refractivity (Wildman–Crippen MR) is 160 cm³/mol. The summed E-state index contributed by atoms with van der Waals surface area (Å²) in [6, 6.07) is 19.9. The minimum atomic E-state index is -0.866. The van der Waals surface area contributed by atoms with Gasteiger partial charge in [-0.15, -0.1) is 0 Å². The minimum absolute atomic E-state index is 0.0422. The lowest BCUT2D eigenvalue weighted by atomic mass is 9.81. The number of benzene rings is 3. The van der Waals surface area contributed by atoms with Gasteiger partial charge in [0.2, 0.25) is 5.91 Å². The molecule has 0 aromatic heterocycles. The second-order valence-corrected chi connectivity index (χ2v) is 11.8. The highest BCUT2D eigenvalue weighted by atomic mass is 35.5. The third kappa shape index (κ3) is 6.37. The van der Waals surface area contributed by atoms with Crippen molar-refractivity contribution in [2.45, 2.75) is 50.2 Å². The first kappa shape index (κ1) is 29.4. The van der Waals surface area contributed by atoms with Crippen molar-refractivity contribution in [1.29, 1.82) is 0 Å². The van der Waals surface area contributed by atoms with Crippen molar-refractivity contribution < 1.29 is 18.7 Å². The number of carbonyl (C=O) groups excluding carboxylic acids is 2. The van der Waals surface area contributed by atoms with E-state index < -0.39 is 17.6 Å². The van der Waals surface area contributed by atoms with Gasteiger partial charge in [-0.3, -0.25) is 9.69 Å². The molecule has 2 amide bonds. The normalized spacial score (nSPS) is 18.0. The molecule has 216 valence electrons. The van der Waals surface area contributed by atoms with Crippen molar-refractivity contribution in [3.05, 3.63) is 99.3 Å². The van der Waals surface area contributed by atoms with Gasteiger partial charge in [0.1, 0.15) is 11.4 Å². The highest BCUT2D eigenvalue weighted by molar-refractivity contribution is 6.42. The average molecular weight is 599 g/mol. The van der Waals surface area contributed by atoms with E-state index in [4.69, 9.17) is 27.9 Å². The smallest absolute Gasteiger partial charge is 0.414 e. The van der Waals surface area contributed by atoms with E-state index in [1.165, 1.54) is 17.0 Å². The maximum absolute atomic E-state index is 14.3. The van der Waals surface area contributed by atoms with Crippen molar-refractivity contribution >= 4 is 40.9 Å². The van der Waals surface area contributed by atoms with Crippen LogP contribution in [0.1, 0.15) is 48.8 Å². The van der Waals surface area contributed by atoms with Gasteiger partial charge in [-0.25, -0.2) is 9.18 Å². The summed E-state index contributed by atoms with van der Waals surface area (Å²) >= 11 is 12.5. The number of hydrogen-bond acceptors (Lipinski definition) is 4. The average Bonchev–Trinajstić information content (AvgIpc) is 2.97. The number of halogens is 3. The number of amides is 2. The summed E-state index contributed by atoms with van der Waals surface area (Å²) in [4.78, 5) is 29.9. The number of ether oxygens (including phenoxy) is 1. The number of carbonyl (C=O) groups is 2. The Morgan fingerprint density at radius 1 is 1.05 bits per heavy atom. The fourth-order valence-electron chi connectivity index (χ4n) is 5.96. The quantitative estimate of drug-likeness (QED) is 0.306. The summed E-state index contributed by atoms with van der Waals surface area (Å²) in [5, 5.41) is 3.97. The predicted octanol–water partition coefficient (Wildman–Crippen LogP) is 6.93. The fraction of sp³-hybridized carbons (Fsp3) is 0.375. The van der Waals surface area contributed by atoms with Gasteiger partial charge in [0.05, 0.1) is 21.7 Å². The molecule has 1 spiro atoms. The third-order valence-electron chi connectivity index (χ3n) is 8.39. The van der Waals surface area contributed by atoms with E-state index >= 15 is 0 Å². The van der Waals surface area contributed by atoms with E-state index in [9.17, 15) is 14.0 Å². The molecule has 2 unspecified atom stereocenters. The van der Waals surface area contributed by atoms with Crippen molar-refractivity contribution in [2.24, 2.45) is 0 Å². The van der Waals surface area contributed by atoms with Crippen LogP contribution in [0.15, 0.2) is 66.7 Å². The Bertz CT molecular complexity index is 1410. The summed E-state index contributed by atoms with van der Waals surface area (Å²) in [5.74, 6) is -0.844. The second kappa shape index (κ2) is 12.4. The molecule has 2 aliphatic heterocycles. The van der Waals surface area contributed by atoms with E-state index in [0.29, 0.717) is 60.2 Å². The number of rotatable bonds is 8. The maximum Gasteiger partial charge on any atom is 0.414 e. The Labute approximate surface area is 250 Å². The zero-order valence-electron chi connectivity index (χ0n) is 23.2. The summed E-state index contributed by atoms with van der Waals surface area (Å²) in [7, 11) is 1.64. The summed E-state index contributed by atoms with van der Waals surface area (Å²) < 4.78 is 20.2. The van der Waals surface area contributed by atoms with E-state index in [2.05, 4.69) is 17.1 Å². The van der Waals surface area contributed by atoms with E-state index in [0.717, 1.165) is 17.5 Å². The molecule has 5 rings (SSSR count). The first-order chi connectivity index (χ1) is 19.7. The number of likely N-dealkylation sites (tertiary alicyclic amines) is 1. The number of hydrogen-bond donors (Lipinski definition) is 1. The zero-order chi connectivity index (χ0) is 29.1. The monoisotopic (exact) mass is 597 g/mol. The van der Waals surface area contributed by atoms with Crippen LogP contribution in [0.25, 0.3) is 0 Å². The molecule has 0 bridgehead atoms. The molecular weight excluding hydrogens is 564 g/mol. The number of piperidine rings is 1. The Morgan fingerprint density at radius 2 is 1.78 bits per heavy atom. The molecule has 1 saturated heterocycles. The maximum atomic E-state index is 14.3. The third-order valence-corrected chi connectivity index (χ3v) is 9.13. The molecule has 1 N–H and O–H groups in total. The molecule has 9 heteroatoms. The lowest BCUT2D eigenvalue weighted by Crippen LogP contribution is -2.52. The summed E-state index contributed by atoms with van der Waals surface area (Å²) in [6.07, 6.45) is 1.94. The molecule has 3 aromatic rings. The van der Waals surface area contributed by atoms with Crippen LogP contribution in [0.5, 0.6) is 0 Å². The Balaban J connectivity index is 1.29. The zero-order valence-corrected chi connectivity index (χ0v) is 24.7. The van der Waals surface area contributed by atoms with Crippen LogP contribution in [-0.2, 0) is 21.6 Å². The topological polar surface area (TPSA) is 61.9 Å². The van der Waals surface area contributed by atoms with Gasteiger partial charge >= 0.3 is 6.09 Å². The Kier molecular flexibility index (Phi) is 8.88. The molecule has 6 nitrogen and oxygen atoms in total. The lowest BCUT2D eigenvalue weighted by Gasteiger charge is -2.47. The first-order valence-corrected chi connectivity index (χ1v) is 14.7. The number of nitrogens with zero attached hydrogens (tertiary/aromatic N) is 2. The number of nitrogens with one attached hydrogen (secondary N) is 1. The van der Waals surface area contributed by atoms with E-state index in [1.807, 2.05) is 36.4 Å². The fourth-order valence-corrected chi connectivity index (χ4v) is 6.27. The highest BCUT2D eigenvalue weighted by Gasteiger charge is 2.47. The lowest BCUT2D eigenvalue weighted by molar-refractivity contribution is -0.123. The van der Waals surface area contributed by atoms with E-state index in [1.54, 1.807) is 25.2 Å². The van der Waals surface area contributed by atoms with Crippen molar-refractivity contribution in [3.8, 4) is 0 Å². The van der Waals surface area contributed by atoms with Crippen molar-refractivity contribution in [1.82, 2.24) is 10.2 Å². The van der Waals surface area contributed by atoms with Gasteiger partial charge in [-0.1, -0.05) is 59.6 Å². The number of anilines is 1. The summed E-state index contributed by atoms with van der Waals surface area (Å²) in [5.41, 5.74) is 2.49. The minimum Gasteiger partial charge on any atom is -0.437 e. The molecule has 2 atom stereocenters. The standard InChI is InChI=1S/C32H34Cl2FN3O3/c1-21(38-16-13-32(14-17-38)26-20-24(35)9-11-29(26)37(2)31(40)41-32)18-25(23-8-10-27(33)28(34)19-23)30(39)36-15-12-22-6-4-3-5-7-22/h3-11,19-21,25H,12-18H2,1-2H3,(H,36,39). The van der Waals surface area contributed by atoms with Crippen molar-refractivity contribution in [3.63, 3.8) is 0 Å². The second-order valence-electron chi connectivity index (χ2n) is 11.0. The SMILES string of the molecule is CC(CC(C(=O)NCCc1ccccc1)c1ccc(Cl)c(Cl)c1)N1CCC2(CC1)OC(=O)N(C)c1ccc(F)cc12. The van der Waals surface area contributed by atoms with Gasteiger partial charge in [0.15, 0.2) is 0 Å². The van der Waals surface area contributed by atoms with Gasteiger partial charge in [-0.2, -0.15) is 0 Å². The van der Waals surface area contributed by atoms with Crippen LogP contribution in [0.2, 0.25) is 10.0 Å². The molecular formula is C32H34Cl2FN3O3. The molecule has 2 heterocycles. The van der Waals surface area contributed by atoms with Gasteiger partial charge < -0.3 is 15.0 Å². The van der Waals surface area contributed by atoms with Crippen LogP contribution in [-0.4, -0.2) is 49.6 Å². The molecule has 41 heavy (non-hydrogen) atoms. The Morgan fingerprint density at radius 3 is 2.49 bits per heavy atom. The number of fused-ring (bicyclic) bond motifs is 2. The van der Waals surface area contributed by atoms with E-state index in [-0.39, 0.29) is 17.8 Å².